The summed E-state index contributed by atoms with van der Waals surface area (Å²) in [4.78, 5) is 20.3. The van der Waals surface area contributed by atoms with Crippen LogP contribution >= 0.6 is 0 Å². The van der Waals surface area contributed by atoms with Crippen molar-refractivity contribution in [2.24, 2.45) is 4.99 Å². The Balaban J connectivity index is 1.93. The molecule has 26 heavy (non-hydrogen) atoms. The summed E-state index contributed by atoms with van der Waals surface area (Å²) in [5.41, 5.74) is 0.309. The molecule has 0 radical (unpaired) electrons. The largest absolute Gasteiger partial charge is 0.357 e. The maximum atomic E-state index is 13.6. The van der Waals surface area contributed by atoms with Gasteiger partial charge in [-0.2, -0.15) is 0 Å². The summed E-state index contributed by atoms with van der Waals surface area (Å²) in [5, 5.41) is 7.88. The number of benzene rings is 1. The summed E-state index contributed by atoms with van der Waals surface area (Å²) in [5.74, 6) is -4.69. The van der Waals surface area contributed by atoms with Gasteiger partial charge in [0.1, 0.15) is 0 Å². The number of guanidine groups is 1. The predicted molar refractivity (Wildman–Crippen MR) is 92.0 cm³/mol. The van der Waals surface area contributed by atoms with Gasteiger partial charge < -0.3 is 16.0 Å². The van der Waals surface area contributed by atoms with E-state index in [0.717, 1.165) is 17.8 Å². The van der Waals surface area contributed by atoms with Gasteiger partial charge in [-0.15, -0.1) is 0 Å². The lowest BCUT2D eigenvalue weighted by atomic mass is 10.2. The third-order valence-electron chi connectivity index (χ3n) is 3.20. The van der Waals surface area contributed by atoms with E-state index in [0.29, 0.717) is 19.0 Å². The van der Waals surface area contributed by atoms with Gasteiger partial charge in [0, 0.05) is 12.7 Å². The van der Waals surface area contributed by atoms with Crippen LogP contribution in [0.5, 0.6) is 0 Å². The number of carbonyl (C=O) groups is 1. The molecule has 0 spiro atoms. The predicted octanol–water partition coefficient (Wildman–Crippen LogP) is 2.19. The highest BCUT2D eigenvalue weighted by Gasteiger charge is 2.15. The van der Waals surface area contributed by atoms with Crippen LogP contribution in [0.25, 0.3) is 0 Å². The number of halogens is 3. The topological polar surface area (TPSA) is 78.4 Å². The summed E-state index contributed by atoms with van der Waals surface area (Å²) in [7, 11) is 0. The smallest absolute Gasteiger partial charge is 0.243 e. The molecule has 3 N–H and O–H groups in total. The molecule has 9 heteroatoms. The molecule has 1 heterocycles. The van der Waals surface area contributed by atoms with Gasteiger partial charge in [0.25, 0.3) is 0 Å². The van der Waals surface area contributed by atoms with Crippen LogP contribution in [-0.2, 0) is 11.3 Å². The molecule has 138 valence electrons. The van der Waals surface area contributed by atoms with Gasteiger partial charge in [0.2, 0.25) is 5.91 Å². The number of rotatable bonds is 6. The first-order chi connectivity index (χ1) is 12.5. The van der Waals surface area contributed by atoms with Gasteiger partial charge >= 0.3 is 0 Å². The zero-order chi connectivity index (χ0) is 18.9. The van der Waals surface area contributed by atoms with Crippen LogP contribution in [0.4, 0.5) is 18.9 Å². The van der Waals surface area contributed by atoms with Gasteiger partial charge in [-0.1, -0.05) is 6.07 Å². The Kier molecular flexibility index (Phi) is 6.95. The highest BCUT2D eigenvalue weighted by Crippen LogP contribution is 2.19. The fourth-order valence-electron chi connectivity index (χ4n) is 1.97. The van der Waals surface area contributed by atoms with Gasteiger partial charge in [-0.05, 0) is 31.2 Å². The SMILES string of the molecule is CCNC(=NCc1ccccn1)NCC(=O)Nc1ccc(F)c(F)c1F. The Hall–Kier alpha value is -3.10. The molecule has 0 atom stereocenters. The molecule has 1 amide bonds. The molecule has 0 aliphatic rings. The molecule has 1 aromatic carbocycles. The van der Waals surface area contributed by atoms with Crippen LogP contribution in [0, 0.1) is 17.5 Å². The molecule has 0 bridgehead atoms. The third-order valence-corrected chi connectivity index (χ3v) is 3.20. The summed E-state index contributed by atoms with van der Waals surface area (Å²) in [6.45, 7) is 2.48. The van der Waals surface area contributed by atoms with Gasteiger partial charge in [-0.25, -0.2) is 18.2 Å². The van der Waals surface area contributed by atoms with Crippen molar-refractivity contribution in [3.05, 3.63) is 59.7 Å². The molecule has 0 unspecified atom stereocenters. The minimum absolute atomic E-state index is 0.244. The van der Waals surface area contributed by atoms with E-state index in [2.05, 4.69) is 25.9 Å². The molecule has 1 aromatic heterocycles. The second-order valence-corrected chi connectivity index (χ2v) is 5.14. The van der Waals surface area contributed by atoms with Crippen LogP contribution in [0.1, 0.15) is 12.6 Å². The van der Waals surface area contributed by atoms with E-state index in [-0.39, 0.29) is 6.54 Å². The molecule has 0 aliphatic carbocycles. The fourth-order valence-corrected chi connectivity index (χ4v) is 1.97. The van der Waals surface area contributed by atoms with E-state index >= 15 is 0 Å². The molecular formula is C17H18F3N5O. The maximum absolute atomic E-state index is 13.6. The number of hydrogen-bond acceptors (Lipinski definition) is 3. The van der Waals surface area contributed by atoms with E-state index < -0.39 is 29.0 Å². The number of carbonyl (C=O) groups excluding carboxylic acids is 1. The standard InChI is InChI=1S/C17H18F3N5O/c1-2-21-17(23-9-11-5-3-4-8-22-11)24-10-14(26)25-13-7-6-12(18)15(19)16(13)20/h3-8H,2,9-10H2,1H3,(H,25,26)(H2,21,23,24). The van der Waals surface area contributed by atoms with Gasteiger partial charge in [0.05, 0.1) is 24.5 Å². The Labute approximate surface area is 148 Å². The van der Waals surface area contributed by atoms with Crippen molar-refractivity contribution >= 4 is 17.6 Å². The molecule has 2 aromatic rings. The monoisotopic (exact) mass is 365 g/mol. The molecule has 0 saturated heterocycles. The molecule has 2 rings (SSSR count). The van der Waals surface area contributed by atoms with Crippen LogP contribution in [0.2, 0.25) is 0 Å². The Morgan fingerprint density at radius 1 is 1.12 bits per heavy atom. The van der Waals surface area contributed by atoms with Crippen molar-refractivity contribution in [3.63, 3.8) is 0 Å². The van der Waals surface area contributed by atoms with E-state index in [1.807, 2.05) is 19.1 Å². The van der Waals surface area contributed by atoms with Gasteiger partial charge in [0.15, 0.2) is 23.4 Å². The Bertz CT molecular complexity index is 783. The lowest BCUT2D eigenvalue weighted by Crippen LogP contribution is -2.41. The van der Waals surface area contributed by atoms with E-state index in [4.69, 9.17) is 0 Å². The maximum Gasteiger partial charge on any atom is 0.243 e. The Morgan fingerprint density at radius 2 is 1.92 bits per heavy atom. The number of nitrogens with one attached hydrogen (secondary N) is 3. The first-order valence-corrected chi connectivity index (χ1v) is 7.86. The number of pyridine rings is 1. The van der Waals surface area contributed by atoms with E-state index in [1.54, 1.807) is 12.3 Å². The number of anilines is 1. The van der Waals surface area contributed by atoms with Crippen molar-refractivity contribution in [2.45, 2.75) is 13.5 Å². The lowest BCUT2D eigenvalue weighted by Gasteiger charge is -2.12. The van der Waals surface area contributed by atoms with Gasteiger partial charge in [-0.3, -0.25) is 9.78 Å². The highest BCUT2D eigenvalue weighted by atomic mass is 19.2. The summed E-state index contributed by atoms with van der Waals surface area (Å²) >= 11 is 0. The van der Waals surface area contributed by atoms with Crippen molar-refractivity contribution in [2.75, 3.05) is 18.4 Å². The number of aliphatic imine (C=N–C) groups is 1. The Morgan fingerprint density at radius 3 is 2.62 bits per heavy atom. The van der Waals surface area contributed by atoms with E-state index in [1.165, 1.54) is 0 Å². The number of amides is 1. The highest BCUT2D eigenvalue weighted by molar-refractivity contribution is 5.95. The molecule has 6 nitrogen and oxygen atoms in total. The zero-order valence-electron chi connectivity index (χ0n) is 14.0. The second kappa shape index (κ2) is 9.40. The summed E-state index contributed by atoms with van der Waals surface area (Å²) in [6, 6.07) is 7.12. The molecular weight excluding hydrogens is 347 g/mol. The first-order valence-electron chi connectivity index (χ1n) is 7.86. The van der Waals surface area contributed by atoms with E-state index in [9.17, 15) is 18.0 Å². The normalized spacial score (nSPS) is 11.2. The van der Waals surface area contributed by atoms with Crippen LogP contribution in [-0.4, -0.2) is 29.9 Å². The molecule has 0 aliphatic heterocycles. The van der Waals surface area contributed by atoms with Crippen molar-refractivity contribution in [1.29, 1.82) is 0 Å². The number of hydrogen-bond donors (Lipinski definition) is 3. The molecule has 0 saturated carbocycles. The quantitative estimate of drug-likeness (QED) is 0.417. The van der Waals surface area contributed by atoms with Crippen LogP contribution in [0.3, 0.4) is 0 Å². The van der Waals surface area contributed by atoms with Crippen LogP contribution in [0.15, 0.2) is 41.5 Å². The third kappa shape index (κ3) is 5.47. The van der Waals surface area contributed by atoms with Crippen molar-refractivity contribution in [1.82, 2.24) is 15.6 Å². The number of aromatic nitrogens is 1. The zero-order valence-corrected chi connectivity index (χ0v) is 14.0. The average Bonchev–Trinajstić information content (AvgIpc) is 2.65. The summed E-state index contributed by atoms with van der Waals surface area (Å²) in [6.07, 6.45) is 1.65. The van der Waals surface area contributed by atoms with Crippen molar-refractivity contribution < 1.29 is 18.0 Å². The van der Waals surface area contributed by atoms with Crippen LogP contribution < -0.4 is 16.0 Å². The first kappa shape index (κ1) is 19.2. The molecule has 0 fully saturated rings. The van der Waals surface area contributed by atoms with Crippen molar-refractivity contribution in [3.8, 4) is 0 Å². The minimum atomic E-state index is -1.64. The number of nitrogens with zero attached hydrogens (tertiary/aromatic N) is 2. The minimum Gasteiger partial charge on any atom is -0.357 e. The lowest BCUT2D eigenvalue weighted by molar-refractivity contribution is -0.115. The average molecular weight is 365 g/mol. The summed E-state index contributed by atoms with van der Waals surface area (Å²) < 4.78 is 39.6. The second-order valence-electron chi connectivity index (χ2n) is 5.14. The fraction of sp³-hybridized carbons (Fsp3) is 0.235.